The molecule has 1 amide bonds. The summed E-state index contributed by atoms with van der Waals surface area (Å²) < 4.78 is 5.70. The van der Waals surface area contributed by atoms with Crippen LogP contribution in [0, 0.1) is 17.0 Å². The molecule has 6 heteroatoms. The van der Waals surface area contributed by atoms with Gasteiger partial charge < -0.3 is 10.1 Å². The molecule has 0 atom stereocenters. The van der Waals surface area contributed by atoms with Gasteiger partial charge in [0.1, 0.15) is 12.4 Å². The number of aryl methyl sites for hydroxylation is 1. The van der Waals surface area contributed by atoms with Crippen LogP contribution in [0.5, 0.6) is 5.75 Å². The predicted octanol–water partition coefficient (Wildman–Crippen LogP) is 4.73. The standard InChI is InChI=1S/C21H18N2O4/c1-15-13-18(23(25)26)9-12-20(15)22-21(24)17-7-10-19(11-8-17)27-14-16-5-3-2-4-6-16/h2-13H,14H2,1H3,(H,22,24). The fraction of sp³-hybridized carbons (Fsp3) is 0.0952. The number of nitrogens with one attached hydrogen (secondary N) is 1. The van der Waals surface area contributed by atoms with Gasteiger partial charge in [-0.05, 0) is 48.4 Å². The fourth-order valence-electron chi connectivity index (χ4n) is 2.54. The lowest BCUT2D eigenvalue weighted by Gasteiger charge is -2.10. The molecule has 0 aliphatic heterocycles. The molecule has 0 unspecified atom stereocenters. The highest BCUT2D eigenvalue weighted by Crippen LogP contribution is 2.22. The first-order valence-electron chi connectivity index (χ1n) is 8.36. The van der Waals surface area contributed by atoms with Gasteiger partial charge in [0, 0.05) is 23.4 Å². The second-order valence-electron chi connectivity index (χ2n) is 6.01. The summed E-state index contributed by atoms with van der Waals surface area (Å²) in [5, 5.41) is 13.6. The maximum atomic E-state index is 12.4. The van der Waals surface area contributed by atoms with Crippen molar-refractivity contribution in [2.75, 3.05) is 5.32 Å². The van der Waals surface area contributed by atoms with E-state index in [0.717, 1.165) is 5.56 Å². The zero-order chi connectivity index (χ0) is 19.2. The first kappa shape index (κ1) is 18.1. The number of anilines is 1. The van der Waals surface area contributed by atoms with Crippen LogP contribution in [-0.2, 0) is 6.61 Å². The number of non-ortho nitro benzene ring substituents is 1. The SMILES string of the molecule is Cc1cc([N+](=O)[O-])ccc1NC(=O)c1ccc(OCc2ccccc2)cc1. The van der Waals surface area contributed by atoms with Crippen LogP contribution >= 0.6 is 0 Å². The first-order valence-corrected chi connectivity index (χ1v) is 8.36. The van der Waals surface area contributed by atoms with Crippen LogP contribution < -0.4 is 10.1 Å². The number of rotatable bonds is 6. The highest BCUT2D eigenvalue weighted by atomic mass is 16.6. The number of nitro groups is 1. The van der Waals surface area contributed by atoms with E-state index in [0.29, 0.717) is 29.2 Å². The molecule has 0 fully saturated rings. The molecule has 3 rings (SSSR count). The average molecular weight is 362 g/mol. The molecule has 6 nitrogen and oxygen atoms in total. The number of benzene rings is 3. The quantitative estimate of drug-likeness (QED) is 0.507. The van der Waals surface area contributed by atoms with Crippen LogP contribution in [0.1, 0.15) is 21.5 Å². The number of carbonyl (C=O) groups is 1. The van der Waals surface area contributed by atoms with E-state index in [-0.39, 0.29) is 11.6 Å². The Hall–Kier alpha value is -3.67. The molecule has 0 saturated carbocycles. The molecule has 0 spiro atoms. The lowest BCUT2D eigenvalue weighted by molar-refractivity contribution is -0.384. The van der Waals surface area contributed by atoms with E-state index < -0.39 is 4.92 Å². The van der Waals surface area contributed by atoms with Crippen LogP contribution in [-0.4, -0.2) is 10.8 Å². The molecule has 0 radical (unpaired) electrons. The third-order valence-electron chi connectivity index (χ3n) is 4.03. The van der Waals surface area contributed by atoms with Gasteiger partial charge in [0.05, 0.1) is 4.92 Å². The molecule has 0 aliphatic rings. The van der Waals surface area contributed by atoms with Gasteiger partial charge in [-0.25, -0.2) is 0 Å². The molecule has 27 heavy (non-hydrogen) atoms. The maximum absolute atomic E-state index is 12.4. The highest BCUT2D eigenvalue weighted by molar-refractivity contribution is 6.04. The van der Waals surface area contributed by atoms with Crippen molar-refractivity contribution in [1.29, 1.82) is 0 Å². The van der Waals surface area contributed by atoms with E-state index >= 15 is 0 Å². The van der Waals surface area contributed by atoms with Crippen LogP contribution in [0.15, 0.2) is 72.8 Å². The molecule has 3 aromatic carbocycles. The third kappa shape index (κ3) is 4.70. The summed E-state index contributed by atoms with van der Waals surface area (Å²) in [5.41, 5.74) is 2.69. The zero-order valence-electron chi connectivity index (χ0n) is 14.7. The van der Waals surface area contributed by atoms with Gasteiger partial charge in [-0.2, -0.15) is 0 Å². The highest BCUT2D eigenvalue weighted by Gasteiger charge is 2.11. The Kier molecular flexibility index (Phi) is 5.47. The van der Waals surface area contributed by atoms with Crippen molar-refractivity contribution >= 4 is 17.3 Å². The Labute approximate surface area is 156 Å². The Morgan fingerprint density at radius 1 is 1.04 bits per heavy atom. The topological polar surface area (TPSA) is 81.5 Å². The normalized spacial score (nSPS) is 10.3. The molecule has 1 N–H and O–H groups in total. The Balaban J connectivity index is 1.63. The van der Waals surface area contributed by atoms with E-state index in [1.54, 1.807) is 31.2 Å². The number of hydrogen-bond donors (Lipinski definition) is 1. The molecule has 0 aromatic heterocycles. The summed E-state index contributed by atoms with van der Waals surface area (Å²) >= 11 is 0. The van der Waals surface area contributed by atoms with Crippen LogP contribution in [0.2, 0.25) is 0 Å². The Morgan fingerprint density at radius 2 is 1.74 bits per heavy atom. The lowest BCUT2D eigenvalue weighted by atomic mass is 10.1. The van der Waals surface area contributed by atoms with Crippen molar-refractivity contribution in [3.05, 3.63) is 99.6 Å². The number of carbonyl (C=O) groups excluding carboxylic acids is 1. The Bertz CT molecular complexity index is 954. The molecule has 0 aliphatic carbocycles. The van der Waals surface area contributed by atoms with Crippen molar-refractivity contribution in [1.82, 2.24) is 0 Å². The number of hydrogen-bond acceptors (Lipinski definition) is 4. The van der Waals surface area contributed by atoms with Gasteiger partial charge in [0.25, 0.3) is 11.6 Å². The van der Waals surface area contributed by atoms with Crippen molar-refractivity contribution in [2.45, 2.75) is 13.5 Å². The smallest absolute Gasteiger partial charge is 0.269 e. The molecule has 0 saturated heterocycles. The number of amides is 1. The van der Waals surface area contributed by atoms with E-state index in [4.69, 9.17) is 4.74 Å². The van der Waals surface area contributed by atoms with Crippen molar-refractivity contribution in [2.24, 2.45) is 0 Å². The minimum absolute atomic E-state index is 0.00887. The van der Waals surface area contributed by atoms with Gasteiger partial charge in [-0.3, -0.25) is 14.9 Å². The van der Waals surface area contributed by atoms with Crippen LogP contribution in [0.25, 0.3) is 0 Å². The summed E-state index contributed by atoms with van der Waals surface area (Å²) in [6, 6.07) is 21.0. The number of ether oxygens (including phenoxy) is 1. The summed E-state index contributed by atoms with van der Waals surface area (Å²) in [6.07, 6.45) is 0. The van der Waals surface area contributed by atoms with Crippen LogP contribution in [0.4, 0.5) is 11.4 Å². The molecule has 0 heterocycles. The van der Waals surface area contributed by atoms with Crippen molar-refractivity contribution in [3.63, 3.8) is 0 Å². The maximum Gasteiger partial charge on any atom is 0.269 e. The fourth-order valence-corrected chi connectivity index (χ4v) is 2.54. The lowest BCUT2D eigenvalue weighted by Crippen LogP contribution is -2.12. The predicted molar refractivity (Wildman–Crippen MR) is 103 cm³/mol. The van der Waals surface area contributed by atoms with E-state index in [2.05, 4.69) is 5.32 Å². The van der Waals surface area contributed by atoms with Crippen molar-refractivity contribution in [3.8, 4) is 5.75 Å². The van der Waals surface area contributed by atoms with Gasteiger partial charge in [-0.15, -0.1) is 0 Å². The van der Waals surface area contributed by atoms with E-state index in [1.807, 2.05) is 30.3 Å². The van der Waals surface area contributed by atoms with E-state index in [1.165, 1.54) is 18.2 Å². The summed E-state index contributed by atoms with van der Waals surface area (Å²) in [4.78, 5) is 22.7. The largest absolute Gasteiger partial charge is 0.489 e. The van der Waals surface area contributed by atoms with Gasteiger partial charge in [-0.1, -0.05) is 30.3 Å². The van der Waals surface area contributed by atoms with E-state index in [9.17, 15) is 14.9 Å². The number of nitrogens with zero attached hydrogens (tertiary/aromatic N) is 1. The van der Waals surface area contributed by atoms with Gasteiger partial charge in [0.2, 0.25) is 0 Å². The summed E-state index contributed by atoms with van der Waals surface area (Å²) in [5.74, 6) is 0.378. The zero-order valence-corrected chi connectivity index (χ0v) is 14.7. The van der Waals surface area contributed by atoms with Gasteiger partial charge in [0.15, 0.2) is 0 Å². The Morgan fingerprint density at radius 3 is 2.37 bits per heavy atom. The molecular formula is C21H18N2O4. The van der Waals surface area contributed by atoms with Crippen molar-refractivity contribution < 1.29 is 14.5 Å². The van der Waals surface area contributed by atoms with Gasteiger partial charge >= 0.3 is 0 Å². The molecule has 3 aromatic rings. The molecular weight excluding hydrogens is 344 g/mol. The molecule has 136 valence electrons. The number of nitro benzene ring substituents is 1. The third-order valence-corrected chi connectivity index (χ3v) is 4.03. The molecule has 0 bridgehead atoms. The minimum Gasteiger partial charge on any atom is -0.489 e. The summed E-state index contributed by atoms with van der Waals surface area (Å²) in [6.45, 7) is 2.16. The first-order chi connectivity index (χ1) is 13.0. The summed E-state index contributed by atoms with van der Waals surface area (Å²) in [7, 11) is 0. The monoisotopic (exact) mass is 362 g/mol. The minimum atomic E-state index is -0.466. The second kappa shape index (κ2) is 8.14. The second-order valence-corrected chi connectivity index (χ2v) is 6.01. The van der Waals surface area contributed by atoms with Crippen LogP contribution in [0.3, 0.4) is 0 Å². The average Bonchev–Trinajstić information content (AvgIpc) is 2.69.